The zero-order valence-corrected chi connectivity index (χ0v) is 15.3. The molecule has 5 nitrogen and oxygen atoms in total. The molecule has 134 valence electrons. The number of amides is 1. The largest absolute Gasteiger partial charge is 0.493 e. The molecule has 0 atom stereocenters. The van der Waals surface area contributed by atoms with E-state index in [1.54, 1.807) is 0 Å². The minimum Gasteiger partial charge on any atom is -0.493 e. The van der Waals surface area contributed by atoms with Gasteiger partial charge >= 0.3 is 0 Å². The van der Waals surface area contributed by atoms with E-state index in [0.717, 1.165) is 46.5 Å². The summed E-state index contributed by atoms with van der Waals surface area (Å²) in [4.78, 5) is 20.3. The van der Waals surface area contributed by atoms with Crippen LogP contribution in [0.5, 0.6) is 5.75 Å². The van der Waals surface area contributed by atoms with Crippen LogP contribution in [0.4, 0.5) is 5.13 Å². The Balaban J connectivity index is 1.31. The van der Waals surface area contributed by atoms with Crippen LogP contribution in [0.15, 0.2) is 54.0 Å². The third-order valence-electron chi connectivity index (χ3n) is 4.73. The number of hydrogen-bond donors (Lipinski definition) is 2. The van der Waals surface area contributed by atoms with Crippen LogP contribution in [0.1, 0.15) is 11.1 Å². The fourth-order valence-corrected chi connectivity index (χ4v) is 4.16. The van der Waals surface area contributed by atoms with Gasteiger partial charge in [-0.15, -0.1) is 11.3 Å². The van der Waals surface area contributed by atoms with Crippen LogP contribution in [0, 0.1) is 0 Å². The van der Waals surface area contributed by atoms with Crippen LogP contribution in [-0.2, 0) is 17.6 Å². The summed E-state index contributed by atoms with van der Waals surface area (Å²) in [7, 11) is 0. The molecule has 2 aromatic heterocycles. The molecule has 3 heterocycles. The number of carbonyl (C=O) groups excluding carboxylic acids is 1. The minimum atomic E-state index is -0.0614. The molecule has 1 amide bonds. The second-order valence-electron chi connectivity index (χ2n) is 6.55. The Hall–Kier alpha value is -3.12. The number of aromatic nitrogens is 2. The van der Waals surface area contributed by atoms with Gasteiger partial charge in [0.2, 0.25) is 5.91 Å². The van der Waals surface area contributed by atoms with E-state index in [1.807, 2.05) is 41.9 Å². The number of thiazole rings is 1. The van der Waals surface area contributed by atoms with Crippen LogP contribution in [0.2, 0.25) is 0 Å². The number of anilines is 1. The minimum absolute atomic E-state index is 0.0614. The molecule has 0 spiro atoms. The molecule has 1 aliphatic rings. The highest BCUT2D eigenvalue weighted by atomic mass is 32.1. The first-order valence-corrected chi connectivity index (χ1v) is 9.71. The second-order valence-corrected chi connectivity index (χ2v) is 7.41. The van der Waals surface area contributed by atoms with Crippen molar-refractivity contribution in [2.75, 3.05) is 11.9 Å². The lowest BCUT2D eigenvalue weighted by molar-refractivity contribution is -0.115. The lowest BCUT2D eigenvalue weighted by Crippen LogP contribution is -2.14. The molecule has 6 heteroatoms. The second kappa shape index (κ2) is 6.55. The molecule has 2 N–H and O–H groups in total. The lowest BCUT2D eigenvalue weighted by atomic mass is 10.1. The molecular formula is C21H17N3O2S. The molecule has 0 radical (unpaired) electrons. The number of hydrogen-bond acceptors (Lipinski definition) is 4. The van der Waals surface area contributed by atoms with Gasteiger partial charge in [0, 0.05) is 34.5 Å². The third kappa shape index (κ3) is 3.08. The summed E-state index contributed by atoms with van der Waals surface area (Å²) in [5.41, 5.74) is 5.15. The van der Waals surface area contributed by atoms with E-state index in [0.29, 0.717) is 11.6 Å². The number of benzene rings is 2. The molecule has 0 aliphatic carbocycles. The first-order valence-electron chi connectivity index (χ1n) is 8.83. The maximum atomic E-state index is 12.4. The quantitative estimate of drug-likeness (QED) is 0.555. The van der Waals surface area contributed by atoms with Gasteiger partial charge in [0.25, 0.3) is 0 Å². The Kier molecular flexibility index (Phi) is 3.90. The third-order valence-corrected chi connectivity index (χ3v) is 5.49. The van der Waals surface area contributed by atoms with Crippen LogP contribution >= 0.6 is 11.3 Å². The summed E-state index contributed by atoms with van der Waals surface area (Å²) in [6.45, 7) is 0.723. The summed E-state index contributed by atoms with van der Waals surface area (Å²) in [5, 5.41) is 6.63. The molecule has 0 fully saturated rings. The SMILES string of the molecule is O=C(Cc1ccc2c(c1)CCO2)Nc1nc(-c2c[nH]c3ccccc23)cs1. The molecule has 1 aliphatic heterocycles. The van der Waals surface area contributed by atoms with E-state index >= 15 is 0 Å². The first-order chi connectivity index (χ1) is 13.3. The van der Waals surface area contributed by atoms with E-state index in [9.17, 15) is 4.79 Å². The molecule has 0 saturated carbocycles. The molecule has 27 heavy (non-hydrogen) atoms. The average molecular weight is 375 g/mol. The first kappa shape index (κ1) is 16.1. The van der Waals surface area contributed by atoms with Gasteiger partial charge in [-0.3, -0.25) is 4.79 Å². The number of aromatic amines is 1. The summed E-state index contributed by atoms with van der Waals surface area (Å²) in [5.74, 6) is 0.871. The zero-order chi connectivity index (χ0) is 18.2. The van der Waals surface area contributed by atoms with Crippen molar-refractivity contribution in [1.29, 1.82) is 0 Å². The standard InChI is InChI=1S/C21H17N3O2S/c25-20(10-13-5-6-19-14(9-13)7-8-26-19)24-21-23-18(12-27-21)16-11-22-17-4-2-1-3-15(16)17/h1-6,9,11-12,22H,7-8,10H2,(H,23,24,25). The molecule has 0 unspecified atom stereocenters. The summed E-state index contributed by atoms with van der Waals surface area (Å²) in [6.07, 6.45) is 3.19. The zero-order valence-electron chi connectivity index (χ0n) is 14.5. The van der Waals surface area contributed by atoms with Gasteiger partial charge in [0.05, 0.1) is 18.7 Å². The normalized spacial score (nSPS) is 12.7. The molecule has 4 aromatic rings. The van der Waals surface area contributed by atoms with Crippen molar-refractivity contribution in [1.82, 2.24) is 9.97 Å². The monoisotopic (exact) mass is 375 g/mol. The number of para-hydroxylation sites is 1. The Labute approximate surface area is 160 Å². The van der Waals surface area contributed by atoms with Gasteiger partial charge in [-0.25, -0.2) is 4.98 Å². The van der Waals surface area contributed by atoms with Crippen LogP contribution in [-0.4, -0.2) is 22.5 Å². The Morgan fingerprint density at radius 2 is 2.19 bits per heavy atom. The van der Waals surface area contributed by atoms with Gasteiger partial charge in [-0.2, -0.15) is 0 Å². The topological polar surface area (TPSA) is 67.0 Å². The van der Waals surface area contributed by atoms with Crippen molar-refractivity contribution in [2.24, 2.45) is 0 Å². The van der Waals surface area contributed by atoms with Gasteiger partial charge in [-0.05, 0) is 23.3 Å². The fraction of sp³-hybridized carbons (Fsp3) is 0.143. The number of nitrogens with zero attached hydrogens (tertiary/aromatic N) is 1. The number of carbonyl (C=O) groups is 1. The van der Waals surface area contributed by atoms with Crippen LogP contribution in [0.3, 0.4) is 0 Å². The number of fused-ring (bicyclic) bond motifs is 2. The van der Waals surface area contributed by atoms with E-state index in [2.05, 4.69) is 27.4 Å². The van der Waals surface area contributed by atoms with E-state index in [-0.39, 0.29) is 5.91 Å². The van der Waals surface area contributed by atoms with Crippen molar-refractivity contribution in [3.8, 4) is 17.0 Å². The molecule has 0 bridgehead atoms. The highest BCUT2D eigenvalue weighted by Gasteiger charge is 2.15. The van der Waals surface area contributed by atoms with Crippen molar-refractivity contribution in [2.45, 2.75) is 12.8 Å². The average Bonchev–Trinajstić information content (AvgIpc) is 3.40. The van der Waals surface area contributed by atoms with Gasteiger partial charge in [0.1, 0.15) is 5.75 Å². The summed E-state index contributed by atoms with van der Waals surface area (Å²) in [6, 6.07) is 14.1. The Bertz CT molecular complexity index is 1150. The number of H-pyrrole nitrogens is 1. The smallest absolute Gasteiger partial charge is 0.230 e. The summed E-state index contributed by atoms with van der Waals surface area (Å²) >= 11 is 1.44. The van der Waals surface area contributed by atoms with Crippen molar-refractivity contribution >= 4 is 33.3 Å². The molecule has 2 aromatic carbocycles. The van der Waals surface area contributed by atoms with Crippen molar-refractivity contribution < 1.29 is 9.53 Å². The van der Waals surface area contributed by atoms with E-state index in [1.165, 1.54) is 16.9 Å². The number of rotatable bonds is 4. The number of nitrogens with one attached hydrogen (secondary N) is 2. The predicted molar refractivity (Wildman–Crippen MR) is 107 cm³/mol. The van der Waals surface area contributed by atoms with Crippen molar-refractivity contribution in [3.05, 3.63) is 65.2 Å². The Morgan fingerprint density at radius 3 is 3.15 bits per heavy atom. The van der Waals surface area contributed by atoms with E-state index < -0.39 is 0 Å². The molecule has 0 saturated heterocycles. The molecular weight excluding hydrogens is 358 g/mol. The highest BCUT2D eigenvalue weighted by Crippen LogP contribution is 2.31. The molecule has 5 rings (SSSR count). The maximum absolute atomic E-state index is 12.4. The van der Waals surface area contributed by atoms with Crippen LogP contribution < -0.4 is 10.1 Å². The van der Waals surface area contributed by atoms with Gasteiger partial charge < -0.3 is 15.0 Å². The highest BCUT2D eigenvalue weighted by molar-refractivity contribution is 7.14. The summed E-state index contributed by atoms with van der Waals surface area (Å²) < 4.78 is 5.51. The van der Waals surface area contributed by atoms with Crippen LogP contribution in [0.25, 0.3) is 22.2 Å². The Morgan fingerprint density at radius 1 is 1.26 bits per heavy atom. The lowest BCUT2D eigenvalue weighted by Gasteiger charge is -2.04. The van der Waals surface area contributed by atoms with Gasteiger partial charge in [0.15, 0.2) is 5.13 Å². The van der Waals surface area contributed by atoms with Gasteiger partial charge in [-0.1, -0.05) is 30.3 Å². The fourth-order valence-electron chi connectivity index (χ4n) is 3.44. The predicted octanol–water partition coefficient (Wildman–Crippen LogP) is 4.41. The van der Waals surface area contributed by atoms with E-state index in [4.69, 9.17) is 4.74 Å². The number of ether oxygens (including phenoxy) is 1. The van der Waals surface area contributed by atoms with Crippen molar-refractivity contribution in [3.63, 3.8) is 0 Å². The maximum Gasteiger partial charge on any atom is 0.230 e.